The van der Waals surface area contributed by atoms with E-state index in [1.54, 1.807) is 7.11 Å². The molecule has 0 aromatic rings. The van der Waals surface area contributed by atoms with Gasteiger partial charge in [-0.1, -0.05) is 6.92 Å². The molecule has 0 unspecified atom stereocenters. The first kappa shape index (κ1) is 10.9. The summed E-state index contributed by atoms with van der Waals surface area (Å²) in [5, 5.41) is 0. The van der Waals surface area contributed by atoms with E-state index in [1.807, 2.05) is 20.8 Å². The van der Waals surface area contributed by atoms with Crippen LogP contribution < -0.4 is 0 Å². The molecule has 1 rings (SSSR count). The van der Waals surface area contributed by atoms with Gasteiger partial charge >= 0.3 is 0 Å². The van der Waals surface area contributed by atoms with Gasteiger partial charge in [0, 0.05) is 13.5 Å². The van der Waals surface area contributed by atoms with Crippen LogP contribution in [0.15, 0.2) is 0 Å². The van der Waals surface area contributed by atoms with Gasteiger partial charge in [-0.3, -0.25) is 0 Å². The van der Waals surface area contributed by atoms with Crippen LogP contribution in [-0.2, 0) is 18.9 Å². The minimum absolute atomic E-state index is 0.0256. The summed E-state index contributed by atoms with van der Waals surface area (Å²) in [4.78, 5) is 0. The Balaban J connectivity index is 2.66. The summed E-state index contributed by atoms with van der Waals surface area (Å²) < 4.78 is 21.6. The van der Waals surface area contributed by atoms with Crippen LogP contribution in [0.5, 0.6) is 0 Å². The SMILES string of the molecule is CC[C@@]1(OC)OCO[C@H](C)[C@@H](C)O1. The van der Waals surface area contributed by atoms with Crippen LogP contribution in [0.4, 0.5) is 0 Å². The smallest absolute Gasteiger partial charge is 0.284 e. The Bertz CT molecular complexity index is 156. The summed E-state index contributed by atoms with van der Waals surface area (Å²) in [5.74, 6) is -0.926. The molecule has 1 aliphatic rings. The lowest BCUT2D eigenvalue weighted by Crippen LogP contribution is -2.40. The molecule has 1 aliphatic heterocycles. The van der Waals surface area contributed by atoms with Crippen LogP contribution >= 0.6 is 0 Å². The molecule has 0 aromatic carbocycles. The Kier molecular flexibility index (Phi) is 3.67. The highest BCUT2D eigenvalue weighted by Gasteiger charge is 2.36. The van der Waals surface area contributed by atoms with Gasteiger partial charge in [-0.25, -0.2) is 0 Å². The maximum absolute atomic E-state index is 5.64. The fourth-order valence-electron chi connectivity index (χ4n) is 1.22. The lowest BCUT2D eigenvalue weighted by Gasteiger charge is -2.30. The molecule has 0 aromatic heterocycles. The zero-order valence-electron chi connectivity index (χ0n) is 8.70. The Morgan fingerprint density at radius 2 is 2.08 bits per heavy atom. The van der Waals surface area contributed by atoms with Crippen LogP contribution in [0.3, 0.4) is 0 Å². The summed E-state index contributed by atoms with van der Waals surface area (Å²) in [6, 6.07) is 0. The van der Waals surface area contributed by atoms with E-state index >= 15 is 0 Å². The van der Waals surface area contributed by atoms with Crippen molar-refractivity contribution in [3.63, 3.8) is 0 Å². The lowest BCUT2D eigenvalue weighted by molar-refractivity contribution is -0.381. The van der Waals surface area contributed by atoms with Gasteiger partial charge in [-0.2, -0.15) is 0 Å². The van der Waals surface area contributed by atoms with Crippen LogP contribution in [0.25, 0.3) is 0 Å². The van der Waals surface area contributed by atoms with E-state index in [0.29, 0.717) is 6.42 Å². The molecular weight excluding hydrogens is 172 g/mol. The van der Waals surface area contributed by atoms with E-state index in [1.165, 1.54) is 0 Å². The molecule has 1 fully saturated rings. The Morgan fingerprint density at radius 3 is 2.62 bits per heavy atom. The summed E-state index contributed by atoms with van der Waals surface area (Å²) in [7, 11) is 1.58. The molecule has 0 N–H and O–H groups in total. The fourth-order valence-corrected chi connectivity index (χ4v) is 1.22. The zero-order chi connectivity index (χ0) is 9.90. The van der Waals surface area contributed by atoms with Crippen molar-refractivity contribution in [2.75, 3.05) is 13.9 Å². The predicted octanol–water partition coefficient (Wildman–Crippen LogP) is 1.49. The molecule has 3 atom stereocenters. The van der Waals surface area contributed by atoms with Crippen molar-refractivity contribution >= 4 is 0 Å². The highest BCUT2D eigenvalue weighted by molar-refractivity contribution is 4.66. The normalized spacial score (nSPS) is 41.5. The Labute approximate surface area is 79.1 Å². The van der Waals surface area contributed by atoms with Crippen molar-refractivity contribution < 1.29 is 18.9 Å². The van der Waals surface area contributed by atoms with Gasteiger partial charge in [-0.15, -0.1) is 0 Å². The summed E-state index contributed by atoms with van der Waals surface area (Å²) in [6.45, 7) is 6.07. The highest BCUT2D eigenvalue weighted by Crippen LogP contribution is 2.25. The van der Waals surface area contributed by atoms with Crippen molar-refractivity contribution in [1.29, 1.82) is 0 Å². The number of methoxy groups -OCH3 is 1. The molecule has 1 heterocycles. The van der Waals surface area contributed by atoms with Gasteiger partial charge in [0.2, 0.25) is 0 Å². The van der Waals surface area contributed by atoms with E-state index in [9.17, 15) is 0 Å². The minimum atomic E-state index is -0.926. The number of ether oxygens (including phenoxy) is 4. The summed E-state index contributed by atoms with van der Waals surface area (Å²) in [5.41, 5.74) is 0. The first-order valence-corrected chi connectivity index (χ1v) is 4.62. The third kappa shape index (κ3) is 2.40. The molecule has 0 aliphatic carbocycles. The summed E-state index contributed by atoms with van der Waals surface area (Å²) in [6.07, 6.45) is 0.648. The van der Waals surface area contributed by atoms with Gasteiger partial charge in [0.25, 0.3) is 5.97 Å². The van der Waals surface area contributed by atoms with E-state index in [4.69, 9.17) is 18.9 Å². The Hall–Kier alpha value is -0.160. The number of hydrogen-bond donors (Lipinski definition) is 0. The third-order valence-electron chi connectivity index (χ3n) is 2.38. The van der Waals surface area contributed by atoms with E-state index in [0.717, 1.165) is 0 Å². The lowest BCUT2D eigenvalue weighted by atomic mass is 10.2. The topological polar surface area (TPSA) is 36.9 Å². The molecule has 78 valence electrons. The highest BCUT2D eigenvalue weighted by atomic mass is 16.9. The molecule has 1 saturated heterocycles. The second-order valence-corrected chi connectivity index (χ2v) is 3.20. The standard InChI is InChI=1S/C9H18O4/c1-5-9(10-4)12-6-11-7(2)8(3)13-9/h7-8H,5-6H2,1-4H3/t7-,8-,9-/m1/s1. The van der Waals surface area contributed by atoms with Crippen molar-refractivity contribution in [2.45, 2.75) is 45.4 Å². The molecule has 0 spiro atoms. The van der Waals surface area contributed by atoms with Crippen LogP contribution in [0, 0.1) is 0 Å². The quantitative estimate of drug-likeness (QED) is 0.661. The molecule has 0 bridgehead atoms. The van der Waals surface area contributed by atoms with E-state index in [-0.39, 0.29) is 19.0 Å². The molecule has 0 radical (unpaired) electrons. The van der Waals surface area contributed by atoms with Gasteiger partial charge < -0.3 is 18.9 Å². The van der Waals surface area contributed by atoms with Gasteiger partial charge in [0.1, 0.15) is 0 Å². The molecule has 0 saturated carbocycles. The predicted molar refractivity (Wildman–Crippen MR) is 47.1 cm³/mol. The van der Waals surface area contributed by atoms with Gasteiger partial charge in [0.15, 0.2) is 6.79 Å². The number of rotatable bonds is 2. The second-order valence-electron chi connectivity index (χ2n) is 3.20. The van der Waals surface area contributed by atoms with Crippen LogP contribution in [-0.4, -0.2) is 32.1 Å². The third-order valence-corrected chi connectivity index (χ3v) is 2.38. The summed E-state index contributed by atoms with van der Waals surface area (Å²) >= 11 is 0. The molecule has 4 heteroatoms. The monoisotopic (exact) mass is 190 g/mol. The van der Waals surface area contributed by atoms with Gasteiger partial charge in [0.05, 0.1) is 12.2 Å². The maximum Gasteiger partial charge on any atom is 0.284 e. The van der Waals surface area contributed by atoms with E-state index in [2.05, 4.69) is 0 Å². The van der Waals surface area contributed by atoms with E-state index < -0.39 is 5.97 Å². The molecular formula is C9H18O4. The van der Waals surface area contributed by atoms with Crippen molar-refractivity contribution in [2.24, 2.45) is 0 Å². The number of hydrogen-bond acceptors (Lipinski definition) is 4. The average Bonchev–Trinajstić information content (AvgIpc) is 2.28. The van der Waals surface area contributed by atoms with Crippen LogP contribution in [0.1, 0.15) is 27.2 Å². The van der Waals surface area contributed by atoms with Gasteiger partial charge in [-0.05, 0) is 13.8 Å². The minimum Gasteiger partial charge on any atom is -0.350 e. The second kappa shape index (κ2) is 4.37. The fraction of sp³-hybridized carbons (Fsp3) is 1.00. The van der Waals surface area contributed by atoms with Crippen molar-refractivity contribution in [1.82, 2.24) is 0 Å². The van der Waals surface area contributed by atoms with Crippen LogP contribution in [0.2, 0.25) is 0 Å². The zero-order valence-corrected chi connectivity index (χ0v) is 8.70. The first-order valence-electron chi connectivity index (χ1n) is 4.62. The maximum atomic E-state index is 5.64. The Morgan fingerprint density at radius 1 is 1.38 bits per heavy atom. The van der Waals surface area contributed by atoms with Crippen molar-refractivity contribution in [3.8, 4) is 0 Å². The average molecular weight is 190 g/mol. The first-order chi connectivity index (χ1) is 6.13. The molecule has 13 heavy (non-hydrogen) atoms. The van der Waals surface area contributed by atoms with Crippen molar-refractivity contribution in [3.05, 3.63) is 0 Å². The largest absolute Gasteiger partial charge is 0.350 e. The molecule has 4 nitrogen and oxygen atoms in total. The molecule has 0 amide bonds.